The number of rotatable bonds is 5. The van der Waals surface area contributed by atoms with Crippen molar-refractivity contribution in [3.8, 4) is 5.75 Å². The zero-order valence-corrected chi connectivity index (χ0v) is 15.0. The van der Waals surface area contributed by atoms with Gasteiger partial charge in [0, 0.05) is 30.2 Å². The summed E-state index contributed by atoms with van der Waals surface area (Å²) in [7, 11) is 0. The van der Waals surface area contributed by atoms with Gasteiger partial charge in [0.15, 0.2) is 0 Å². The Morgan fingerprint density at radius 1 is 1.40 bits per heavy atom. The molecule has 1 fully saturated rings. The lowest BCUT2D eigenvalue weighted by atomic mass is 9.54. The lowest BCUT2D eigenvalue weighted by Crippen LogP contribution is -2.74. The van der Waals surface area contributed by atoms with Crippen LogP contribution in [-0.2, 0) is 9.53 Å². The smallest absolute Gasteiger partial charge is 0.406 e. The third-order valence-corrected chi connectivity index (χ3v) is 4.56. The molecule has 2 unspecified atom stereocenters. The van der Waals surface area contributed by atoms with Gasteiger partial charge in [-0.3, -0.25) is 4.79 Å². The Morgan fingerprint density at radius 2 is 2.04 bits per heavy atom. The van der Waals surface area contributed by atoms with E-state index in [1.165, 1.54) is 12.1 Å². The molecule has 1 aliphatic rings. The number of benzene rings is 1. The van der Waals surface area contributed by atoms with Crippen LogP contribution < -0.4 is 15.8 Å². The SMILES string of the molecule is CCOC1CC(N)(C(=O)Nc2cccc(OC(F)(F)F)c2)C1(C)C.Cl. The van der Waals surface area contributed by atoms with E-state index in [1.54, 1.807) is 0 Å². The van der Waals surface area contributed by atoms with Crippen molar-refractivity contribution in [2.75, 3.05) is 11.9 Å². The molecule has 25 heavy (non-hydrogen) atoms. The molecule has 2 atom stereocenters. The van der Waals surface area contributed by atoms with Crippen LogP contribution in [0.25, 0.3) is 0 Å². The van der Waals surface area contributed by atoms with Crippen LogP contribution >= 0.6 is 12.4 Å². The van der Waals surface area contributed by atoms with Gasteiger partial charge in [0.2, 0.25) is 5.91 Å². The number of halogens is 4. The first kappa shape index (κ1) is 21.5. The van der Waals surface area contributed by atoms with Gasteiger partial charge in [-0.1, -0.05) is 19.9 Å². The fourth-order valence-electron chi connectivity index (χ4n) is 2.83. The van der Waals surface area contributed by atoms with Crippen LogP contribution in [-0.4, -0.2) is 30.5 Å². The average Bonchev–Trinajstić information content (AvgIpc) is 2.45. The minimum atomic E-state index is -4.79. The zero-order chi connectivity index (χ0) is 18.2. The second-order valence-electron chi connectivity index (χ2n) is 6.37. The van der Waals surface area contributed by atoms with Gasteiger partial charge in [0.25, 0.3) is 0 Å². The van der Waals surface area contributed by atoms with Gasteiger partial charge in [0.05, 0.1) is 6.10 Å². The summed E-state index contributed by atoms with van der Waals surface area (Å²) in [5, 5.41) is 2.56. The van der Waals surface area contributed by atoms with Gasteiger partial charge < -0.3 is 20.5 Å². The first-order valence-electron chi connectivity index (χ1n) is 7.57. The molecule has 3 N–H and O–H groups in total. The summed E-state index contributed by atoms with van der Waals surface area (Å²) in [5.74, 6) is -0.876. The molecule has 0 radical (unpaired) electrons. The van der Waals surface area contributed by atoms with Crippen molar-refractivity contribution < 1.29 is 27.4 Å². The molecule has 1 aromatic rings. The third kappa shape index (κ3) is 4.37. The predicted octanol–water partition coefficient (Wildman–Crippen LogP) is 3.48. The van der Waals surface area contributed by atoms with Crippen LogP contribution in [0, 0.1) is 5.41 Å². The molecule has 1 amide bonds. The Balaban J connectivity index is 0.00000312. The Kier molecular flexibility index (Phi) is 6.36. The first-order valence-corrected chi connectivity index (χ1v) is 7.57. The second kappa shape index (κ2) is 7.39. The highest BCUT2D eigenvalue weighted by atomic mass is 35.5. The molecule has 1 aromatic carbocycles. The van der Waals surface area contributed by atoms with E-state index in [2.05, 4.69) is 10.1 Å². The Hall–Kier alpha value is -1.51. The van der Waals surface area contributed by atoms with Crippen LogP contribution in [0.2, 0.25) is 0 Å². The molecule has 0 heterocycles. The molecule has 9 heteroatoms. The van der Waals surface area contributed by atoms with Gasteiger partial charge in [-0.05, 0) is 19.1 Å². The summed E-state index contributed by atoms with van der Waals surface area (Å²) >= 11 is 0. The van der Waals surface area contributed by atoms with E-state index >= 15 is 0 Å². The zero-order valence-electron chi connectivity index (χ0n) is 14.1. The number of nitrogens with two attached hydrogens (primary N) is 1. The number of amides is 1. The molecule has 5 nitrogen and oxygen atoms in total. The first-order chi connectivity index (χ1) is 11.0. The fourth-order valence-corrected chi connectivity index (χ4v) is 2.83. The molecule has 142 valence electrons. The largest absolute Gasteiger partial charge is 0.573 e. The van der Waals surface area contributed by atoms with Crippen LogP contribution in [0.4, 0.5) is 18.9 Å². The molecule has 0 aliphatic heterocycles. The maximum Gasteiger partial charge on any atom is 0.573 e. The summed E-state index contributed by atoms with van der Waals surface area (Å²) in [5.41, 5.74) is 4.66. The number of hydrogen-bond donors (Lipinski definition) is 2. The number of hydrogen-bond acceptors (Lipinski definition) is 4. The number of anilines is 1. The van der Waals surface area contributed by atoms with Crippen molar-refractivity contribution >= 4 is 24.0 Å². The summed E-state index contributed by atoms with van der Waals surface area (Å²) in [6.45, 7) is 6.04. The number of carbonyl (C=O) groups is 1. The molecule has 1 saturated carbocycles. The van der Waals surface area contributed by atoms with Crippen molar-refractivity contribution in [3.05, 3.63) is 24.3 Å². The minimum absolute atomic E-state index is 0. The predicted molar refractivity (Wildman–Crippen MR) is 89.7 cm³/mol. The van der Waals surface area contributed by atoms with E-state index in [1.807, 2.05) is 20.8 Å². The second-order valence-corrected chi connectivity index (χ2v) is 6.37. The highest BCUT2D eigenvalue weighted by Gasteiger charge is 2.62. The molecule has 0 aromatic heterocycles. The van der Waals surface area contributed by atoms with Crippen LogP contribution in [0.15, 0.2) is 24.3 Å². The molecule has 0 bridgehead atoms. The van der Waals surface area contributed by atoms with E-state index in [0.717, 1.165) is 12.1 Å². The fraction of sp³-hybridized carbons (Fsp3) is 0.562. The van der Waals surface area contributed by atoms with Crippen molar-refractivity contribution in [1.29, 1.82) is 0 Å². The van der Waals surface area contributed by atoms with E-state index in [-0.39, 0.29) is 24.2 Å². The molecule has 0 spiro atoms. The lowest BCUT2D eigenvalue weighted by Gasteiger charge is -2.57. The summed E-state index contributed by atoms with van der Waals surface area (Å²) < 4.78 is 46.2. The van der Waals surface area contributed by atoms with Crippen molar-refractivity contribution in [2.24, 2.45) is 11.1 Å². The van der Waals surface area contributed by atoms with E-state index in [0.29, 0.717) is 13.0 Å². The lowest BCUT2D eigenvalue weighted by molar-refractivity contribution is -0.274. The quantitative estimate of drug-likeness (QED) is 0.817. The number of alkyl halides is 3. The summed E-state index contributed by atoms with van der Waals surface area (Å²) in [6.07, 6.45) is -4.59. The molecule has 0 saturated heterocycles. The van der Waals surface area contributed by atoms with E-state index in [4.69, 9.17) is 10.5 Å². The normalized spacial score (nSPS) is 24.7. The monoisotopic (exact) mass is 382 g/mol. The van der Waals surface area contributed by atoms with Crippen LogP contribution in [0.3, 0.4) is 0 Å². The van der Waals surface area contributed by atoms with Crippen molar-refractivity contribution in [3.63, 3.8) is 0 Å². The topological polar surface area (TPSA) is 73.6 Å². The number of carbonyl (C=O) groups excluding carboxylic acids is 1. The Labute approximate surface area is 150 Å². The summed E-state index contributed by atoms with van der Waals surface area (Å²) in [4.78, 5) is 12.5. The Morgan fingerprint density at radius 3 is 2.56 bits per heavy atom. The van der Waals surface area contributed by atoms with Crippen molar-refractivity contribution in [1.82, 2.24) is 0 Å². The molecule has 2 rings (SSSR count). The molecular formula is C16H22ClF3N2O3. The summed E-state index contributed by atoms with van der Waals surface area (Å²) in [6, 6.07) is 5.07. The average molecular weight is 383 g/mol. The molecular weight excluding hydrogens is 361 g/mol. The standard InChI is InChI=1S/C16H21F3N2O3.ClH/c1-4-23-12-9-15(20,14(12,2)3)13(22)21-10-6-5-7-11(8-10)24-16(17,18)19;/h5-8,12H,4,9,20H2,1-3H3,(H,21,22);1H. The van der Waals surface area contributed by atoms with Gasteiger partial charge in [0.1, 0.15) is 11.3 Å². The van der Waals surface area contributed by atoms with Crippen LogP contribution in [0.1, 0.15) is 27.2 Å². The minimum Gasteiger partial charge on any atom is -0.406 e. The van der Waals surface area contributed by atoms with Crippen LogP contribution in [0.5, 0.6) is 5.75 Å². The van der Waals surface area contributed by atoms with Gasteiger partial charge >= 0.3 is 6.36 Å². The van der Waals surface area contributed by atoms with Crippen molar-refractivity contribution in [2.45, 2.75) is 45.2 Å². The highest BCUT2D eigenvalue weighted by molar-refractivity contribution is 5.99. The molecule has 1 aliphatic carbocycles. The number of ether oxygens (including phenoxy) is 2. The number of nitrogens with one attached hydrogen (secondary N) is 1. The maximum absolute atomic E-state index is 12.5. The Bertz CT molecular complexity index is 625. The maximum atomic E-state index is 12.5. The third-order valence-electron chi connectivity index (χ3n) is 4.56. The highest BCUT2D eigenvalue weighted by Crippen LogP contribution is 2.50. The van der Waals surface area contributed by atoms with E-state index < -0.39 is 29.0 Å². The van der Waals surface area contributed by atoms with Gasteiger partial charge in [-0.25, -0.2) is 0 Å². The van der Waals surface area contributed by atoms with E-state index in [9.17, 15) is 18.0 Å². The van der Waals surface area contributed by atoms with Gasteiger partial charge in [-0.2, -0.15) is 0 Å². The van der Waals surface area contributed by atoms with Gasteiger partial charge in [-0.15, -0.1) is 25.6 Å².